The molecule has 0 amide bonds. The molecule has 228 valence electrons. The molecule has 10 aromatic rings. The Hall–Kier alpha value is -6.44. The summed E-state index contributed by atoms with van der Waals surface area (Å²) in [6.07, 6.45) is 0. The quantitative estimate of drug-likeness (QED) is 0.178. The molecule has 9 aromatic carbocycles. The maximum atomic E-state index is 6.34. The van der Waals surface area contributed by atoms with Crippen LogP contribution in [0.4, 0.5) is 0 Å². The topological polar surface area (TPSA) is 13.1 Å². The van der Waals surface area contributed by atoms with E-state index in [1.807, 2.05) is 12.1 Å². The zero-order valence-electron chi connectivity index (χ0n) is 26.7. The van der Waals surface area contributed by atoms with E-state index in [9.17, 15) is 0 Å². The van der Waals surface area contributed by atoms with E-state index in [0.717, 1.165) is 27.5 Å². The molecular weight excluding hydrogens is 593 g/mol. The molecule has 0 aliphatic heterocycles. The first-order chi connectivity index (χ1) is 24.3. The van der Waals surface area contributed by atoms with Crippen molar-refractivity contribution in [2.24, 2.45) is 0 Å². The molecule has 0 fully saturated rings. The average molecular weight is 623 g/mol. The minimum absolute atomic E-state index is 0.913. The van der Waals surface area contributed by atoms with Crippen LogP contribution < -0.4 is 0 Å². The fourth-order valence-electron chi connectivity index (χ4n) is 7.72. The summed E-state index contributed by atoms with van der Waals surface area (Å²) in [6.45, 7) is 0. The fourth-order valence-corrected chi connectivity index (χ4v) is 7.72. The van der Waals surface area contributed by atoms with Crippen LogP contribution in [-0.4, -0.2) is 0 Å². The SMILES string of the molecule is c1ccc(-c2cccc(-c3ccc4ccc(-c5c6ccccc6c(-c6ccc7c(c6)oc6ccccc67)c6ccccc56)cc4c3)c2)cc1. The van der Waals surface area contributed by atoms with Crippen molar-refractivity contribution in [2.45, 2.75) is 0 Å². The van der Waals surface area contributed by atoms with Gasteiger partial charge in [0, 0.05) is 10.8 Å². The van der Waals surface area contributed by atoms with Gasteiger partial charge in [-0.2, -0.15) is 0 Å². The van der Waals surface area contributed by atoms with Gasteiger partial charge in [0.1, 0.15) is 11.2 Å². The Bertz CT molecular complexity index is 2820. The van der Waals surface area contributed by atoms with Gasteiger partial charge in [-0.3, -0.25) is 0 Å². The zero-order valence-corrected chi connectivity index (χ0v) is 26.7. The monoisotopic (exact) mass is 622 g/mol. The second kappa shape index (κ2) is 11.1. The Kier molecular flexibility index (Phi) is 6.25. The van der Waals surface area contributed by atoms with E-state index in [1.54, 1.807) is 0 Å². The maximum Gasteiger partial charge on any atom is 0.136 e. The first kappa shape index (κ1) is 27.7. The van der Waals surface area contributed by atoms with E-state index in [2.05, 4.69) is 170 Å². The van der Waals surface area contributed by atoms with Crippen LogP contribution in [0.3, 0.4) is 0 Å². The molecule has 0 saturated carbocycles. The van der Waals surface area contributed by atoms with E-state index in [4.69, 9.17) is 4.42 Å². The summed E-state index contributed by atoms with van der Waals surface area (Å²) in [7, 11) is 0. The second-order valence-corrected chi connectivity index (χ2v) is 12.9. The van der Waals surface area contributed by atoms with Gasteiger partial charge < -0.3 is 4.42 Å². The van der Waals surface area contributed by atoms with Crippen LogP contribution >= 0.6 is 0 Å². The molecule has 0 bridgehead atoms. The van der Waals surface area contributed by atoms with Crippen LogP contribution in [0.5, 0.6) is 0 Å². The molecule has 0 atom stereocenters. The van der Waals surface area contributed by atoms with Crippen LogP contribution in [0.15, 0.2) is 186 Å². The molecule has 1 nitrogen and oxygen atoms in total. The highest BCUT2D eigenvalue weighted by molar-refractivity contribution is 6.22. The first-order valence-corrected chi connectivity index (χ1v) is 16.8. The molecular formula is C48H30O. The van der Waals surface area contributed by atoms with Gasteiger partial charge in [-0.1, -0.05) is 146 Å². The Labute approximate surface area is 284 Å². The third kappa shape index (κ3) is 4.55. The van der Waals surface area contributed by atoms with E-state index < -0.39 is 0 Å². The van der Waals surface area contributed by atoms with E-state index in [1.165, 1.54) is 71.3 Å². The van der Waals surface area contributed by atoms with Crippen molar-refractivity contribution >= 4 is 54.3 Å². The molecule has 1 heteroatoms. The second-order valence-electron chi connectivity index (χ2n) is 12.9. The van der Waals surface area contributed by atoms with Crippen LogP contribution in [0, 0.1) is 0 Å². The minimum atomic E-state index is 0.913. The van der Waals surface area contributed by atoms with Gasteiger partial charge in [-0.15, -0.1) is 0 Å². The smallest absolute Gasteiger partial charge is 0.136 e. The summed E-state index contributed by atoms with van der Waals surface area (Å²) in [5.41, 5.74) is 11.6. The van der Waals surface area contributed by atoms with Crippen molar-refractivity contribution in [3.05, 3.63) is 182 Å². The van der Waals surface area contributed by atoms with Crippen molar-refractivity contribution in [3.63, 3.8) is 0 Å². The highest BCUT2D eigenvalue weighted by Gasteiger charge is 2.18. The van der Waals surface area contributed by atoms with Crippen LogP contribution in [0.2, 0.25) is 0 Å². The van der Waals surface area contributed by atoms with Gasteiger partial charge in [-0.25, -0.2) is 0 Å². The van der Waals surface area contributed by atoms with Crippen LogP contribution in [0.1, 0.15) is 0 Å². The number of furan rings is 1. The van der Waals surface area contributed by atoms with E-state index in [-0.39, 0.29) is 0 Å². The predicted octanol–water partition coefficient (Wildman–Crippen LogP) is 13.7. The van der Waals surface area contributed by atoms with E-state index >= 15 is 0 Å². The average Bonchev–Trinajstić information content (AvgIpc) is 3.55. The fraction of sp³-hybridized carbons (Fsp3) is 0. The molecule has 0 aliphatic carbocycles. The number of benzene rings is 9. The Morgan fingerprint density at radius 2 is 0.714 bits per heavy atom. The third-order valence-corrected chi connectivity index (χ3v) is 10.0. The lowest BCUT2D eigenvalue weighted by Gasteiger charge is -2.18. The number of rotatable bonds is 4. The molecule has 49 heavy (non-hydrogen) atoms. The largest absolute Gasteiger partial charge is 0.456 e. The Morgan fingerprint density at radius 1 is 0.245 bits per heavy atom. The first-order valence-electron chi connectivity index (χ1n) is 16.8. The van der Waals surface area contributed by atoms with Gasteiger partial charge in [0.15, 0.2) is 0 Å². The van der Waals surface area contributed by atoms with Crippen LogP contribution in [0.25, 0.3) is 98.8 Å². The highest BCUT2D eigenvalue weighted by atomic mass is 16.3. The summed E-state index contributed by atoms with van der Waals surface area (Å²) < 4.78 is 6.34. The predicted molar refractivity (Wildman–Crippen MR) is 208 cm³/mol. The summed E-state index contributed by atoms with van der Waals surface area (Å²) in [5, 5.41) is 9.71. The maximum absolute atomic E-state index is 6.34. The molecule has 1 heterocycles. The van der Waals surface area contributed by atoms with Crippen molar-refractivity contribution in [3.8, 4) is 44.5 Å². The molecule has 1 aromatic heterocycles. The molecule has 0 saturated heterocycles. The molecule has 0 spiro atoms. The normalized spacial score (nSPS) is 11.7. The van der Waals surface area contributed by atoms with Gasteiger partial charge >= 0.3 is 0 Å². The van der Waals surface area contributed by atoms with Gasteiger partial charge in [0.25, 0.3) is 0 Å². The molecule has 10 rings (SSSR count). The van der Waals surface area contributed by atoms with E-state index in [0.29, 0.717) is 0 Å². The van der Waals surface area contributed by atoms with Crippen molar-refractivity contribution in [1.82, 2.24) is 0 Å². The van der Waals surface area contributed by atoms with Crippen LogP contribution in [-0.2, 0) is 0 Å². The number of para-hydroxylation sites is 1. The minimum Gasteiger partial charge on any atom is -0.456 e. The molecule has 0 N–H and O–H groups in total. The summed E-state index contributed by atoms with van der Waals surface area (Å²) in [5.74, 6) is 0. The molecule has 0 radical (unpaired) electrons. The van der Waals surface area contributed by atoms with Crippen molar-refractivity contribution < 1.29 is 4.42 Å². The molecule has 0 aliphatic rings. The lowest BCUT2D eigenvalue weighted by Crippen LogP contribution is -1.91. The lowest BCUT2D eigenvalue weighted by molar-refractivity contribution is 0.669. The Balaban J connectivity index is 1.16. The molecule has 0 unspecified atom stereocenters. The standard InChI is InChI=1S/C48H30O/c1-2-11-31(12-3-1)33-13-10-14-34(27-33)35-23-21-32-22-24-36(29-38(32)28-35)47-41-16-4-6-18-43(41)48(44-19-7-5-17-42(44)47)37-25-26-40-39-15-8-9-20-45(39)49-46(40)30-37/h1-30H. The van der Waals surface area contributed by atoms with Crippen molar-refractivity contribution in [2.75, 3.05) is 0 Å². The highest BCUT2D eigenvalue weighted by Crippen LogP contribution is 2.45. The van der Waals surface area contributed by atoms with Gasteiger partial charge in [-0.05, 0) is 113 Å². The van der Waals surface area contributed by atoms with Gasteiger partial charge in [0.05, 0.1) is 0 Å². The number of fused-ring (bicyclic) bond motifs is 6. The number of hydrogen-bond acceptors (Lipinski definition) is 1. The summed E-state index contributed by atoms with van der Waals surface area (Å²) in [6, 6.07) is 65.9. The summed E-state index contributed by atoms with van der Waals surface area (Å²) >= 11 is 0. The Morgan fingerprint density at radius 3 is 1.41 bits per heavy atom. The summed E-state index contributed by atoms with van der Waals surface area (Å²) in [4.78, 5) is 0. The van der Waals surface area contributed by atoms with Gasteiger partial charge in [0.2, 0.25) is 0 Å². The third-order valence-electron chi connectivity index (χ3n) is 10.0. The van der Waals surface area contributed by atoms with Crippen molar-refractivity contribution in [1.29, 1.82) is 0 Å². The number of hydrogen-bond donors (Lipinski definition) is 0. The zero-order chi connectivity index (χ0) is 32.3. The lowest BCUT2D eigenvalue weighted by atomic mass is 9.85.